The highest BCUT2D eigenvalue weighted by atomic mass is 35.5. The first-order valence-corrected chi connectivity index (χ1v) is 19.7. The molecule has 0 spiro atoms. The Hall–Kier alpha value is -3.99. The predicted octanol–water partition coefficient (Wildman–Crippen LogP) is 4.81. The molecule has 52 heavy (non-hydrogen) atoms. The summed E-state index contributed by atoms with van der Waals surface area (Å²) in [5, 5.41) is 36.3. The van der Waals surface area contributed by atoms with Crippen molar-refractivity contribution in [2.75, 3.05) is 55.9 Å². The Labute approximate surface area is 317 Å². The SMILES string of the molecule is CCNc1nc(Cl)nc(NC(C)(C)C#N)n1.COC(=O)c1cc(Oc2ccc(Cl)cc2Cl)ccc1[N+](=O)[O-].C[S+](C)C.O=C(O)CNCP(=O)([O-])O. The van der Waals surface area contributed by atoms with Gasteiger partial charge in [0.05, 0.1) is 54.7 Å². The molecule has 1 aromatic heterocycles. The number of carboxylic acid groups (broad SMARTS) is 1. The molecular weight excluding hydrogens is 790 g/mol. The molecule has 2 aromatic carbocycles. The molecule has 0 amide bonds. The average molecular weight is 828 g/mol. The molecule has 1 unspecified atom stereocenters. The molecule has 18 nitrogen and oxygen atoms in total. The summed E-state index contributed by atoms with van der Waals surface area (Å²) in [6.07, 6.45) is 5.87. The molecule has 1 atom stereocenters. The smallest absolute Gasteiger partial charge is 0.345 e. The number of hydrogen-bond acceptors (Lipinski definition) is 15. The Morgan fingerprint density at radius 2 is 1.69 bits per heavy atom. The van der Waals surface area contributed by atoms with Gasteiger partial charge in [-0.1, -0.05) is 23.2 Å². The third-order valence-electron chi connectivity index (χ3n) is 4.93. The van der Waals surface area contributed by atoms with Crippen LogP contribution in [0.2, 0.25) is 15.3 Å². The number of aromatic nitrogens is 3. The van der Waals surface area contributed by atoms with E-state index >= 15 is 0 Å². The lowest BCUT2D eigenvalue weighted by Gasteiger charge is -2.17. The molecule has 0 bridgehead atoms. The first kappa shape index (κ1) is 48.0. The van der Waals surface area contributed by atoms with E-state index in [9.17, 15) is 29.2 Å². The van der Waals surface area contributed by atoms with Crippen LogP contribution in [0, 0.1) is 21.4 Å². The Kier molecular flexibility index (Phi) is 21.7. The molecule has 0 aliphatic heterocycles. The van der Waals surface area contributed by atoms with Crippen LogP contribution in [0.5, 0.6) is 11.5 Å². The van der Waals surface area contributed by atoms with Gasteiger partial charge in [-0.15, -0.1) is 0 Å². The summed E-state index contributed by atoms with van der Waals surface area (Å²) in [5.41, 5.74) is -1.34. The van der Waals surface area contributed by atoms with E-state index < -0.39 is 42.8 Å². The molecule has 0 aliphatic rings. The van der Waals surface area contributed by atoms with Crippen LogP contribution >= 0.6 is 42.4 Å². The van der Waals surface area contributed by atoms with Gasteiger partial charge in [-0.25, -0.2) is 4.79 Å². The van der Waals surface area contributed by atoms with E-state index in [0.29, 0.717) is 34.2 Å². The number of nitro groups is 1. The first-order valence-electron chi connectivity index (χ1n) is 14.3. The fraction of sp³-hybridized carbons (Fsp3) is 0.379. The second-order valence-corrected chi connectivity index (χ2v) is 15.8. The van der Waals surface area contributed by atoms with Crippen molar-refractivity contribution < 1.29 is 43.4 Å². The number of anilines is 2. The second kappa shape index (κ2) is 23.5. The van der Waals surface area contributed by atoms with Gasteiger partial charge in [0.2, 0.25) is 17.2 Å². The zero-order valence-corrected chi connectivity index (χ0v) is 32.9. The van der Waals surface area contributed by atoms with Gasteiger partial charge < -0.3 is 39.6 Å². The molecule has 3 aromatic rings. The number of benzene rings is 2. The highest BCUT2D eigenvalue weighted by molar-refractivity contribution is 7.94. The fourth-order valence-electron chi connectivity index (χ4n) is 2.95. The number of ether oxygens (including phenoxy) is 2. The van der Waals surface area contributed by atoms with Crippen LogP contribution in [0.4, 0.5) is 17.6 Å². The van der Waals surface area contributed by atoms with Crippen LogP contribution < -0.4 is 25.6 Å². The maximum absolute atomic E-state index is 11.6. The summed E-state index contributed by atoms with van der Waals surface area (Å²) in [5.74, 6) is -0.833. The number of aliphatic carboxylic acids is 1. The van der Waals surface area contributed by atoms with E-state index in [2.05, 4.69) is 55.2 Å². The van der Waals surface area contributed by atoms with Crippen molar-refractivity contribution in [1.29, 1.82) is 5.26 Å². The summed E-state index contributed by atoms with van der Waals surface area (Å²) in [4.78, 5) is 61.5. The molecule has 0 radical (unpaired) electrons. The minimum Gasteiger partial charge on any atom is -0.778 e. The highest BCUT2D eigenvalue weighted by Crippen LogP contribution is 2.33. The third kappa shape index (κ3) is 21.4. The van der Waals surface area contributed by atoms with E-state index in [1.165, 1.54) is 18.2 Å². The zero-order valence-electron chi connectivity index (χ0n) is 29.0. The molecule has 0 saturated carbocycles. The van der Waals surface area contributed by atoms with Crippen LogP contribution in [-0.2, 0) is 25.0 Å². The third-order valence-corrected chi connectivity index (χ3v) is 6.25. The number of nitrogens with one attached hydrogen (secondary N) is 3. The van der Waals surface area contributed by atoms with E-state index in [0.717, 1.165) is 13.2 Å². The number of esters is 1. The maximum atomic E-state index is 11.6. The molecule has 0 aliphatic carbocycles. The number of carboxylic acids is 1. The lowest BCUT2D eigenvalue weighted by atomic mass is 10.1. The van der Waals surface area contributed by atoms with E-state index in [1.807, 2.05) is 12.2 Å². The molecular formula is C29H38Cl3N8O10PS. The number of nitro benzene ring substituents is 1. The van der Waals surface area contributed by atoms with Gasteiger partial charge in [0, 0.05) is 23.7 Å². The topological polar surface area (TPSA) is 275 Å². The standard InChI is InChI=1S/C14H9Cl2NO5.C9H13ClN6.C3H8NO5P.C3H9S/c1-21-14(18)10-7-9(3-4-12(10)17(19)20)22-13-5-2-8(15)6-11(13)16;1-4-12-7-13-6(10)14-8(15-7)16-9(2,3)5-11;5-3(6)1-4-2-10(7,8)9;1-4(2)3/h2-7H,1H3;4H2,1-3H3,(H2,12,13,14,15,16);4H,1-2H2,(H,5,6)(H2,7,8,9);1-3H3/q;;;+1/p-1. The quantitative estimate of drug-likeness (QED) is 0.0539. The first-order chi connectivity index (χ1) is 24.0. The second-order valence-electron chi connectivity index (χ2n) is 10.6. The summed E-state index contributed by atoms with van der Waals surface area (Å²) in [6, 6.07) is 10.4. The number of nitrogens with zero attached hydrogens (tertiary/aromatic N) is 5. The van der Waals surface area contributed by atoms with Gasteiger partial charge in [0.1, 0.15) is 30.2 Å². The van der Waals surface area contributed by atoms with Gasteiger partial charge in [-0.05, 0) is 67.5 Å². The Balaban J connectivity index is 0.000000759. The lowest BCUT2D eigenvalue weighted by molar-refractivity contribution is -0.385. The predicted molar refractivity (Wildman–Crippen MR) is 199 cm³/mol. The van der Waals surface area contributed by atoms with Gasteiger partial charge in [-0.2, -0.15) is 20.2 Å². The fourth-order valence-corrected chi connectivity index (χ4v) is 3.95. The number of carbonyl (C=O) groups is 2. The molecule has 3 rings (SSSR count). The summed E-state index contributed by atoms with van der Waals surface area (Å²) in [6.45, 7) is 5.56. The van der Waals surface area contributed by atoms with Crippen molar-refractivity contribution in [3.63, 3.8) is 0 Å². The monoisotopic (exact) mass is 826 g/mol. The van der Waals surface area contributed by atoms with Crippen LogP contribution in [-0.4, -0.2) is 92.6 Å². The summed E-state index contributed by atoms with van der Waals surface area (Å²) >= 11 is 17.5. The van der Waals surface area contributed by atoms with Crippen LogP contribution in [0.15, 0.2) is 36.4 Å². The molecule has 0 saturated heterocycles. The van der Waals surface area contributed by atoms with Gasteiger partial charge in [0.15, 0.2) is 0 Å². The lowest BCUT2D eigenvalue weighted by Crippen LogP contribution is -2.29. The number of rotatable bonds is 12. The van der Waals surface area contributed by atoms with Crippen molar-refractivity contribution in [3.05, 3.63) is 67.4 Å². The van der Waals surface area contributed by atoms with Crippen molar-refractivity contribution in [2.45, 2.75) is 26.3 Å². The van der Waals surface area contributed by atoms with Gasteiger partial charge in [-0.3, -0.25) is 20.2 Å². The number of hydrogen-bond donors (Lipinski definition) is 5. The largest absolute Gasteiger partial charge is 0.778 e. The highest BCUT2D eigenvalue weighted by Gasteiger charge is 2.22. The van der Waals surface area contributed by atoms with E-state index in [-0.39, 0.29) is 33.3 Å². The van der Waals surface area contributed by atoms with Crippen molar-refractivity contribution in [1.82, 2.24) is 20.3 Å². The Bertz CT molecular complexity index is 1740. The number of methoxy groups -OCH3 is 1. The van der Waals surface area contributed by atoms with E-state index in [1.54, 1.807) is 26.0 Å². The summed E-state index contributed by atoms with van der Waals surface area (Å²) in [7, 11) is -2.57. The zero-order chi connectivity index (χ0) is 40.2. The maximum Gasteiger partial charge on any atom is 0.345 e. The minimum absolute atomic E-state index is 0.0854. The molecule has 0 fully saturated rings. The number of nitriles is 1. The normalized spacial score (nSPS) is 11.4. The van der Waals surface area contributed by atoms with Crippen molar-refractivity contribution >= 4 is 82.8 Å². The number of halogens is 3. The Morgan fingerprint density at radius 1 is 1.10 bits per heavy atom. The van der Waals surface area contributed by atoms with E-state index in [4.69, 9.17) is 54.8 Å². The minimum atomic E-state index is -4.35. The Morgan fingerprint density at radius 3 is 2.17 bits per heavy atom. The van der Waals surface area contributed by atoms with Crippen LogP contribution in [0.1, 0.15) is 31.1 Å². The summed E-state index contributed by atoms with van der Waals surface area (Å²) < 4.78 is 20.0. The molecule has 23 heteroatoms. The molecule has 286 valence electrons. The van der Waals surface area contributed by atoms with Gasteiger partial charge in [0.25, 0.3) is 5.69 Å². The van der Waals surface area contributed by atoms with Crippen LogP contribution in [0.3, 0.4) is 0 Å². The van der Waals surface area contributed by atoms with Gasteiger partial charge >= 0.3 is 11.9 Å². The van der Waals surface area contributed by atoms with Crippen molar-refractivity contribution in [3.8, 4) is 17.6 Å². The van der Waals surface area contributed by atoms with Crippen LogP contribution in [0.25, 0.3) is 0 Å². The average Bonchev–Trinajstić information content (AvgIpc) is 3.01. The molecule has 1 heterocycles. The van der Waals surface area contributed by atoms with Crippen molar-refractivity contribution in [2.24, 2.45) is 0 Å². The number of carbonyl (C=O) groups excluding carboxylic acids is 1. The molecule has 5 N–H and O–H groups in total.